The summed E-state index contributed by atoms with van der Waals surface area (Å²) < 4.78 is 12.4. The lowest BCUT2D eigenvalue weighted by atomic mass is 9.69. The smallest absolute Gasteiger partial charge is 0.220 e. The topological polar surface area (TPSA) is 111 Å². The molecule has 2 saturated heterocycles. The molecular weight excluding hydrogens is 563 g/mol. The summed E-state index contributed by atoms with van der Waals surface area (Å²) in [6.07, 6.45) is 8.86. The van der Waals surface area contributed by atoms with Gasteiger partial charge in [0.2, 0.25) is 5.91 Å². The van der Waals surface area contributed by atoms with Gasteiger partial charge in [-0.15, -0.1) is 23.2 Å². The van der Waals surface area contributed by atoms with Crippen molar-refractivity contribution in [2.75, 3.05) is 40.4 Å². The van der Waals surface area contributed by atoms with Crippen molar-refractivity contribution in [1.29, 1.82) is 5.26 Å². The number of ether oxygens (including phenoxy) is 2. The highest BCUT2D eigenvalue weighted by molar-refractivity contribution is 6.21. The van der Waals surface area contributed by atoms with Gasteiger partial charge in [-0.05, 0) is 91.3 Å². The van der Waals surface area contributed by atoms with Crippen molar-refractivity contribution >= 4 is 29.1 Å². The van der Waals surface area contributed by atoms with Gasteiger partial charge in [-0.1, -0.05) is 0 Å². The molecule has 1 amide bonds. The average Bonchev–Trinajstić information content (AvgIpc) is 2.93. The molecule has 0 aromatic heterocycles. The van der Waals surface area contributed by atoms with Crippen LogP contribution in [0.2, 0.25) is 0 Å². The maximum atomic E-state index is 12.9. The van der Waals surface area contributed by atoms with Gasteiger partial charge in [0.25, 0.3) is 0 Å². The molecule has 9 nitrogen and oxygen atoms in total. The standard InChI is InChI=1S/C30H52Cl2N6O3/c1-4-40-27-15-24-22(14-25(27)37-29(39)9-6-12-38(2)3)30(19(16-33)17-34-24)36-20-10-11-26(23(31)13-20)41-18-21-7-5-8-28(32)35-21/h19-28,30,34-36H,4-15,17-18H2,1-3H3,(H,37,39). The van der Waals surface area contributed by atoms with Crippen LogP contribution < -0.4 is 21.3 Å². The summed E-state index contributed by atoms with van der Waals surface area (Å²) in [7, 11) is 4.05. The highest BCUT2D eigenvalue weighted by Gasteiger charge is 2.47. The Morgan fingerprint density at radius 2 is 1.93 bits per heavy atom. The highest BCUT2D eigenvalue weighted by Crippen LogP contribution is 2.36. The Hall–Kier alpha value is -0.700. The predicted molar refractivity (Wildman–Crippen MR) is 163 cm³/mol. The fraction of sp³-hybridized carbons (Fsp3) is 0.933. The Morgan fingerprint density at radius 1 is 1.10 bits per heavy atom. The van der Waals surface area contributed by atoms with Gasteiger partial charge in [-0.25, -0.2) is 0 Å². The first-order valence-corrected chi connectivity index (χ1v) is 16.7. The van der Waals surface area contributed by atoms with Gasteiger partial charge < -0.3 is 30.3 Å². The Bertz CT molecular complexity index is 863. The zero-order valence-corrected chi connectivity index (χ0v) is 26.6. The van der Waals surface area contributed by atoms with E-state index in [9.17, 15) is 10.1 Å². The number of rotatable bonds is 12. The van der Waals surface area contributed by atoms with Crippen LogP contribution in [-0.2, 0) is 14.3 Å². The van der Waals surface area contributed by atoms with Crippen molar-refractivity contribution in [1.82, 2.24) is 26.2 Å². The number of halogens is 2. The van der Waals surface area contributed by atoms with Crippen LogP contribution in [0.15, 0.2) is 0 Å². The number of nitriles is 1. The van der Waals surface area contributed by atoms with Crippen molar-refractivity contribution in [2.24, 2.45) is 11.8 Å². The van der Waals surface area contributed by atoms with Crippen molar-refractivity contribution < 1.29 is 14.3 Å². The van der Waals surface area contributed by atoms with Gasteiger partial charge >= 0.3 is 0 Å². The minimum absolute atomic E-state index is 0.0293. The summed E-state index contributed by atoms with van der Waals surface area (Å²) in [5.74, 6) is 0.166. The number of nitrogens with zero attached hydrogens (tertiary/aromatic N) is 2. The van der Waals surface area contributed by atoms with Gasteiger partial charge in [0.1, 0.15) is 0 Å². The van der Waals surface area contributed by atoms with Crippen LogP contribution in [0.3, 0.4) is 0 Å². The molecule has 0 spiro atoms. The molecule has 2 saturated carbocycles. The third-order valence-electron chi connectivity index (χ3n) is 9.45. The highest BCUT2D eigenvalue weighted by atomic mass is 35.5. The van der Waals surface area contributed by atoms with E-state index in [0.29, 0.717) is 32.2 Å². The second-order valence-electron chi connectivity index (χ2n) is 12.8. The Morgan fingerprint density at radius 3 is 2.63 bits per heavy atom. The molecule has 11 unspecified atom stereocenters. The average molecular weight is 616 g/mol. The summed E-state index contributed by atoms with van der Waals surface area (Å²) in [5, 5.41) is 24.3. The third kappa shape index (κ3) is 9.64. The fourth-order valence-electron chi connectivity index (χ4n) is 7.32. The van der Waals surface area contributed by atoms with E-state index in [1.807, 2.05) is 21.0 Å². The summed E-state index contributed by atoms with van der Waals surface area (Å²) in [5.41, 5.74) is 0.0329. The largest absolute Gasteiger partial charge is 0.376 e. The molecule has 2 aliphatic carbocycles. The Labute approximate surface area is 257 Å². The lowest BCUT2D eigenvalue weighted by molar-refractivity contribution is -0.124. The fourth-order valence-corrected chi connectivity index (χ4v) is 8.07. The van der Waals surface area contributed by atoms with E-state index >= 15 is 0 Å². The van der Waals surface area contributed by atoms with E-state index in [4.69, 9.17) is 32.7 Å². The number of hydrogen-bond donors (Lipinski definition) is 4. The summed E-state index contributed by atoms with van der Waals surface area (Å²) in [6.45, 7) is 4.82. The summed E-state index contributed by atoms with van der Waals surface area (Å²) in [6, 6.07) is 3.32. The number of carbonyl (C=O) groups is 1. The molecule has 2 heterocycles. The number of piperidine rings is 2. The van der Waals surface area contributed by atoms with Crippen molar-refractivity contribution in [3.63, 3.8) is 0 Å². The van der Waals surface area contributed by atoms with Gasteiger partial charge in [0.15, 0.2) is 0 Å². The lowest BCUT2D eigenvalue weighted by Crippen LogP contribution is -2.66. The first kappa shape index (κ1) is 33.2. The monoisotopic (exact) mass is 614 g/mol. The first-order chi connectivity index (χ1) is 19.8. The molecule has 11 heteroatoms. The molecule has 0 radical (unpaired) electrons. The molecule has 4 rings (SSSR count). The molecule has 4 aliphatic rings. The molecule has 4 N–H and O–H groups in total. The maximum absolute atomic E-state index is 12.9. The minimum Gasteiger partial charge on any atom is -0.376 e. The van der Waals surface area contributed by atoms with Crippen molar-refractivity contribution in [2.45, 2.75) is 124 Å². The van der Waals surface area contributed by atoms with Crippen LogP contribution in [0.4, 0.5) is 0 Å². The number of fused-ring (bicyclic) bond motifs is 1. The molecule has 0 bridgehead atoms. The second-order valence-corrected chi connectivity index (χ2v) is 13.9. The summed E-state index contributed by atoms with van der Waals surface area (Å²) in [4.78, 5) is 15.0. The molecule has 4 fully saturated rings. The SMILES string of the molecule is CCOC1CC2NCC(C#N)C(NC3CCC(OCC4CCCC(Cl)N4)C(Cl)C3)C2CC1NC(=O)CCCN(C)C. The van der Waals surface area contributed by atoms with Crippen LogP contribution in [-0.4, -0.2) is 105 Å². The van der Waals surface area contributed by atoms with Crippen LogP contribution in [0.5, 0.6) is 0 Å². The zero-order chi connectivity index (χ0) is 29.4. The van der Waals surface area contributed by atoms with Gasteiger partial charge in [0, 0.05) is 43.7 Å². The van der Waals surface area contributed by atoms with Crippen LogP contribution in [0.25, 0.3) is 0 Å². The van der Waals surface area contributed by atoms with Gasteiger partial charge in [-0.2, -0.15) is 5.26 Å². The quantitative estimate of drug-likeness (QED) is 0.196. The minimum atomic E-state index is -0.139. The van der Waals surface area contributed by atoms with Gasteiger partial charge in [0.05, 0.1) is 47.7 Å². The number of carbonyl (C=O) groups excluding carboxylic acids is 1. The third-order valence-corrected chi connectivity index (χ3v) is 10.3. The van der Waals surface area contributed by atoms with E-state index in [-0.39, 0.29) is 65.0 Å². The normalized spacial score (nSPS) is 39.6. The molecular formula is C30H52Cl2N6O3. The molecule has 11 atom stereocenters. The zero-order valence-electron chi connectivity index (χ0n) is 25.1. The van der Waals surface area contributed by atoms with Gasteiger partial charge in [-0.3, -0.25) is 10.1 Å². The Balaban J connectivity index is 1.34. The van der Waals surface area contributed by atoms with E-state index in [1.165, 1.54) is 0 Å². The first-order valence-electron chi connectivity index (χ1n) is 15.9. The van der Waals surface area contributed by atoms with Crippen LogP contribution in [0.1, 0.15) is 71.1 Å². The number of amides is 1. The van der Waals surface area contributed by atoms with E-state index in [2.05, 4.69) is 32.2 Å². The molecule has 0 aromatic rings. The van der Waals surface area contributed by atoms with E-state index in [0.717, 1.165) is 64.3 Å². The molecule has 2 aliphatic heterocycles. The molecule has 41 heavy (non-hydrogen) atoms. The Kier molecular flexibility index (Phi) is 13.3. The number of nitrogens with one attached hydrogen (secondary N) is 4. The maximum Gasteiger partial charge on any atom is 0.220 e. The molecule has 234 valence electrons. The lowest BCUT2D eigenvalue weighted by Gasteiger charge is -2.50. The second kappa shape index (κ2) is 16.4. The van der Waals surface area contributed by atoms with Crippen molar-refractivity contribution in [3.05, 3.63) is 0 Å². The van der Waals surface area contributed by atoms with E-state index in [1.54, 1.807) is 0 Å². The van der Waals surface area contributed by atoms with Crippen LogP contribution >= 0.6 is 23.2 Å². The summed E-state index contributed by atoms with van der Waals surface area (Å²) >= 11 is 13.2. The van der Waals surface area contributed by atoms with E-state index < -0.39 is 0 Å². The van der Waals surface area contributed by atoms with Crippen molar-refractivity contribution in [3.8, 4) is 6.07 Å². The van der Waals surface area contributed by atoms with Crippen LogP contribution in [0, 0.1) is 23.2 Å². The number of hydrogen-bond acceptors (Lipinski definition) is 8. The molecule has 0 aromatic carbocycles. The predicted octanol–water partition coefficient (Wildman–Crippen LogP) is 2.95. The number of alkyl halides is 2.